The molecule has 0 aliphatic carbocycles. The lowest BCUT2D eigenvalue weighted by Crippen LogP contribution is -2.18. The number of hydrogen-bond donors (Lipinski definition) is 1. The van der Waals surface area contributed by atoms with E-state index in [1.165, 1.54) is 5.82 Å². The van der Waals surface area contributed by atoms with E-state index < -0.39 is 0 Å². The van der Waals surface area contributed by atoms with Crippen LogP contribution < -0.4 is 5.32 Å². The molecule has 12 heavy (non-hydrogen) atoms. The molecule has 1 heterocycles. The lowest BCUT2D eigenvalue weighted by molar-refractivity contribution is 0.646. The van der Waals surface area contributed by atoms with Crippen LogP contribution in [0.25, 0.3) is 0 Å². The number of rotatable bonds is 5. The summed E-state index contributed by atoms with van der Waals surface area (Å²) in [5.41, 5.74) is 0. The van der Waals surface area contributed by atoms with Gasteiger partial charge in [0.1, 0.15) is 5.82 Å². The fraction of sp³-hybridized carbons (Fsp3) is 0.667. The van der Waals surface area contributed by atoms with Crippen LogP contribution in [0.1, 0.15) is 19.7 Å². The fourth-order valence-electron chi connectivity index (χ4n) is 1.23. The van der Waals surface area contributed by atoms with Crippen LogP contribution >= 0.6 is 0 Å². The molecule has 0 spiro atoms. The van der Waals surface area contributed by atoms with E-state index in [4.69, 9.17) is 0 Å². The van der Waals surface area contributed by atoms with E-state index in [-0.39, 0.29) is 0 Å². The first-order chi connectivity index (χ1) is 5.88. The van der Waals surface area contributed by atoms with Crippen LogP contribution in [0, 0.1) is 0 Å². The summed E-state index contributed by atoms with van der Waals surface area (Å²) in [5.74, 6) is 1.18. The Morgan fingerprint density at radius 1 is 1.50 bits per heavy atom. The molecule has 0 aliphatic heterocycles. The number of aromatic nitrogens is 2. The van der Waals surface area contributed by atoms with Gasteiger partial charge in [0.15, 0.2) is 0 Å². The summed E-state index contributed by atoms with van der Waals surface area (Å²) in [7, 11) is 0. The second-order valence-corrected chi connectivity index (χ2v) is 2.73. The average molecular weight is 167 g/mol. The summed E-state index contributed by atoms with van der Waals surface area (Å²) in [4.78, 5) is 4.28. The molecular weight excluding hydrogens is 150 g/mol. The van der Waals surface area contributed by atoms with Crippen molar-refractivity contribution in [2.75, 3.05) is 13.1 Å². The normalized spacial score (nSPS) is 10.5. The number of nitrogens with zero attached hydrogens (tertiary/aromatic N) is 2. The van der Waals surface area contributed by atoms with E-state index in [2.05, 4.69) is 28.7 Å². The minimum atomic E-state index is 1.02. The average Bonchev–Trinajstić information content (AvgIpc) is 2.52. The van der Waals surface area contributed by atoms with Gasteiger partial charge in [0.05, 0.1) is 0 Å². The predicted molar refractivity (Wildman–Crippen MR) is 50.1 cm³/mol. The van der Waals surface area contributed by atoms with Gasteiger partial charge in [0, 0.05) is 31.9 Å². The lowest BCUT2D eigenvalue weighted by atomic mass is 10.4. The summed E-state index contributed by atoms with van der Waals surface area (Å²) in [5, 5.41) is 3.28. The van der Waals surface area contributed by atoms with E-state index in [1.807, 2.05) is 12.4 Å². The van der Waals surface area contributed by atoms with Crippen LogP contribution in [0.15, 0.2) is 12.4 Å². The molecule has 3 nitrogen and oxygen atoms in total. The zero-order chi connectivity index (χ0) is 8.81. The highest BCUT2D eigenvalue weighted by Crippen LogP contribution is 1.97. The van der Waals surface area contributed by atoms with Crippen molar-refractivity contribution in [3.8, 4) is 0 Å². The minimum Gasteiger partial charge on any atom is -0.335 e. The molecule has 0 radical (unpaired) electrons. The summed E-state index contributed by atoms with van der Waals surface area (Å²) in [6.07, 6.45) is 4.92. The van der Waals surface area contributed by atoms with Crippen molar-refractivity contribution in [3.63, 3.8) is 0 Å². The molecule has 3 heteroatoms. The third-order valence-electron chi connectivity index (χ3n) is 1.92. The Labute approximate surface area is 73.8 Å². The van der Waals surface area contributed by atoms with Crippen LogP contribution in [-0.4, -0.2) is 22.6 Å². The van der Waals surface area contributed by atoms with Crippen molar-refractivity contribution in [1.29, 1.82) is 0 Å². The number of aryl methyl sites for hydroxylation is 1. The molecule has 0 fully saturated rings. The molecule has 0 unspecified atom stereocenters. The maximum Gasteiger partial charge on any atom is 0.109 e. The predicted octanol–water partition coefficient (Wildman–Crippen LogP) is 1.05. The second-order valence-electron chi connectivity index (χ2n) is 2.73. The number of likely N-dealkylation sites (N-methyl/N-ethyl adjacent to an activating group) is 1. The maximum absolute atomic E-state index is 4.28. The number of hydrogen-bond acceptors (Lipinski definition) is 2. The molecule has 1 aromatic rings. The molecule has 0 aromatic carbocycles. The summed E-state index contributed by atoms with van der Waals surface area (Å²) in [6, 6.07) is 0. The minimum absolute atomic E-state index is 1.02. The van der Waals surface area contributed by atoms with E-state index in [1.54, 1.807) is 0 Å². The molecule has 1 rings (SSSR count). The van der Waals surface area contributed by atoms with E-state index in [0.29, 0.717) is 0 Å². The van der Waals surface area contributed by atoms with Gasteiger partial charge in [0.25, 0.3) is 0 Å². The Kier molecular flexibility index (Phi) is 3.80. The van der Waals surface area contributed by atoms with Gasteiger partial charge in [-0.2, -0.15) is 0 Å². The Morgan fingerprint density at radius 3 is 3.00 bits per heavy atom. The Morgan fingerprint density at radius 2 is 2.33 bits per heavy atom. The first-order valence-corrected chi connectivity index (χ1v) is 4.59. The third-order valence-corrected chi connectivity index (χ3v) is 1.92. The number of nitrogens with one attached hydrogen (secondary N) is 1. The third kappa shape index (κ3) is 2.34. The van der Waals surface area contributed by atoms with Gasteiger partial charge in [0.2, 0.25) is 0 Å². The first-order valence-electron chi connectivity index (χ1n) is 4.59. The maximum atomic E-state index is 4.28. The summed E-state index contributed by atoms with van der Waals surface area (Å²) < 4.78 is 2.18. The van der Waals surface area contributed by atoms with Gasteiger partial charge in [-0.1, -0.05) is 6.92 Å². The van der Waals surface area contributed by atoms with Crippen LogP contribution in [0.5, 0.6) is 0 Å². The van der Waals surface area contributed by atoms with Crippen LogP contribution in [-0.2, 0) is 13.0 Å². The monoisotopic (exact) mass is 167 g/mol. The smallest absolute Gasteiger partial charge is 0.109 e. The number of imidazole rings is 1. The van der Waals surface area contributed by atoms with Crippen molar-refractivity contribution in [3.05, 3.63) is 18.2 Å². The van der Waals surface area contributed by atoms with Crippen molar-refractivity contribution in [1.82, 2.24) is 14.9 Å². The molecule has 1 aromatic heterocycles. The second kappa shape index (κ2) is 4.93. The first kappa shape index (κ1) is 9.26. The van der Waals surface area contributed by atoms with Crippen molar-refractivity contribution < 1.29 is 0 Å². The summed E-state index contributed by atoms with van der Waals surface area (Å²) in [6.45, 7) is 7.33. The highest BCUT2D eigenvalue weighted by atomic mass is 15.1. The molecule has 68 valence electrons. The zero-order valence-electron chi connectivity index (χ0n) is 7.88. The molecular formula is C9H17N3. The van der Waals surface area contributed by atoms with Crippen molar-refractivity contribution in [2.24, 2.45) is 0 Å². The van der Waals surface area contributed by atoms with Crippen molar-refractivity contribution >= 4 is 0 Å². The van der Waals surface area contributed by atoms with E-state index in [0.717, 1.165) is 26.1 Å². The standard InChI is InChI=1S/C9H17N3/c1-3-10-6-5-9-11-7-8-12(9)4-2/h7-8,10H,3-6H2,1-2H3. The Hall–Kier alpha value is -0.830. The SMILES string of the molecule is CCNCCc1nccn1CC. The van der Waals surface area contributed by atoms with Gasteiger partial charge < -0.3 is 9.88 Å². The summed E-state index contributed by atoms with van der Waals surface area (Å²) >= 11 is 0. The highest BCUT2D eigenvalue weighted by molar-refractivity contribution is 4.92. The topological polar surface area (TPSA) is 29.9 Å². The molecule has 0 saturated heterocycles. The molecule has 1 N–H and O–H groups in total. The highest BCUT2D eigenvalue weighted by Gasteiger charge is 1.98. The Balaban J connectivity index is 2.39. The van der Waals surface area contributed by atoms with Crippen LogP contribution in [0.2, 0.25) is 0 Å². The van der Waals surface area contributed by atoms with Crippen molar-refractivity contribution in [2.45, 2.75) is 26.8 Å². The molecule has 0 atom stereocenters. The van der Waals surface area contributed by atoms with Crippen LogP contribution in [0.4, 0.5) is 0 Å². The van der Waals surface area contributed by atoms with Crippen LogP contribution in [0.3, 0.4) is 0 Å². The molecule has 0 aliphatic rings. The lowest BCUT2D eigenvalue weighted by Gasteiger charge is -2.04. The van der Waals surface area contributed by atoms with Gasteiger partial charge >= 0.3 is 0 Å². The van der Waals surface area contributed by atoms with Gasteiger partial charge in [-0.15, -0.1) is 0 Å². The molecule has 0 amide bonds. The van der Waals surface area contributed by atoms with Gasteiger partial charge in [-0.3, -0.25) is 0 Å². The fourth-order valence-corrected chi connectivity index (χ4v) is 1.23. The van der Waals surface area contributed by atoms with E-state index in [9.17, 15) is 0 Å². The molecule has 0 bridgehead atoms. The van der Waals surface area contributed by atoms with Gasteiger partial charge in [-0.05, 0) is 13.5 Å². The largest absolute Gasteiger partial charge is 0.335 e. The van der Waals surface area contributed by atoms with E-state index >= 15 is 0 Å². The quantitative estimate of drug-likeness (QED) is 0.664. The van der Waals surface area contributed by atoms with Gasteiger partial charge in [-0.25, -0.2) is 4.98 Å². The molecule has 0 saturated carbocycles. The Bertz CT molecular complexity index is 217. The zero-order valence-corrected chi connectivity index (χ0v) is 7.88.